The topological polar surface area (TPSA) is 60.7 Å². The molecule has 33 heavy (non-hydrogen) atoms. The maximum Gasteiger partial charge on any atom is 0.261 e. The van der Waals surface area contributed by atoms with Gasteiger partial charge in [-0.15, -0.1) is 0 Å². The van der Waals surface area contributed by atoms with E-state index in [4.69, 9.17) is 4.74 Å². The van der Waals surface area contributed by atoms with E-state index < -0.39 is 0 Å². The van der Waals surface area contributed by atoms with Gasteiger partial charge >= 0.3 is 0 Å². The summed E-state index contributed by atoms with van der Waals surface area (Å²) < 4.78 is 7.69. The van der Waals surface area contributed by atoms with Crippen molar-refractivity contribution in [3.63, 3.8) is 0 Å². The van der Waals surface area contributed by atoms with Crippen molar-refractivity contribution in [1.29, 1.82) is 0 Å². The Kier molecular flexibility index (Phi) is 9.04. The summed E-state index contributed by atoms with van der Waals surface area (Å²) in [5, 5.41) is 3.00. The van der Waals surface area contributed by atoms with Crippen LogP contribution in [-0.2, 0) is 19.6 Å². The average Bonchev–Trinajstić information content (AvgIpc) is 2.83. The van der Waals surface area contributed by atoms with Gasteiger partial charge < -0.3 is 22.5 Å². The van der Waals surface area contributed by atoms with E-state index in [1.807, 2.05) is 42.5 Å². The third-order valence-corrected chi connectivity index (χ3v) is 5.65. The minimum absolute atomic E-state index is 0. The molecular weight excluding hydrogens is 434 g/mol. The molecule has 0 unspecified atom stereocenters. The summed E-state index contributed by atoms with van der Waals surface area (Å²) in [6, 6.07) is 24.2. The number of para-hydroxylation sites is 1. The molecule has 2 N–H and O–H groups in total. The van der Waals surface area contributed by atoms with E-state index in [9.17, 15) is 4.79 Å². The quantitative estimate of drug-likeness (QED) is 0.348. The van der Waals surface area contributed by atoms with Crippen LogP contribution in [0.25, 0.3) is 10.9 Å². The summed E-state index contributed by atoms with van der Waals surface area (Å²) in [7, 11) is 0. The predicted octanol–water partition coefficient (Wildman–Crippen LogP) is 0.484. The van der Waals surface area contributed by atoms with Crippen molar-refractivity contribution in [1.82, 2.24) is 9.55 Å². The summed E-state index contributed by atoms with van der Waals surface area (Å²) >= 11 is 0. The molecule has 1 heterocycles. The van der Waals surface area contributed by atoms with Crippen LogP contribution in [0.15, 0.2) is 83.9 Å². The molecule has 5 nitrogen and oxygen atoms in total. The molecule has 0 saturated heterocycles. The number of nitrogens with two attached hydrogens (primary N) is 1. The minimum Gasteiger partial charge on any atom is -1.00 e. The average molecular weight is 464 g/mol. The Morgan fingerprint density at radius 1 is 0.939 bits per heavy atom. The van der Waals surface area contributed by atoms with Crippen molar-refractivity contribution in [2.75, 3.05) is 13.1 Å². The molecule has 4 aromatic rings. The first-order chi connectivity index (χ1) is 15.7. The fraction of sp³-hybridized carbons (Fsp3) is 0.259. The highest BCUT2D eigenvalue weighted by Crippen LogP contribution is 2.20. The molecule has 0 amide bonds. The highest BCUT2D eigenvalue weighted by atomic mass is 35.5. The minimum atomic E-state index is 0. The van der Waals surface area contributed by atoms with Crippen molar-refractivity contribution in [2.45, 2.75) is 32.9 Å². The Morgan fingerprint density at radius 2 is 1.73 bits per heavy atom. The lowest BCUT2D eigenvalue weighted by molar-refractivity contribution is -0.654. The summed E-state index contributed by atoms with van der Waals surface area (Å²) in [6.07, 6.45) is 3.61. The van der Waals surface area contributed by atoms with Crippen molar-refractivity contribution >= 4 is 10.9 Å². The van der Waals surface area contributed by atoms with Gasteiger partial charge in [0, 0.05) is 19.4 Å². The van der Waals surface area contributed by atoms with Crippen LogP contribution in [0.3, 0.4) is 0 Å². The van der Waals surface area contributed by atoms with Crippen LogP contribution in [0.1, 0.15) is 23.1 Å². The number of hydrogen-bond donors (Lipinski definition) is 1. The number of quaternary nitrogens is 1. The zero-order valence-electron chi connectivity index (χ0n) is 18.9. The highest BCUT2D eigenvalue weighted by Gasteiger charge is 2.05. The van der Waals surface area contributed by atoms with E-state index in [0.29, 0.717) is 18.5 Å². The summed E-state index contributed by atoms with van der Waals surface area (Å²) in [4.78, 5) is 16.9. The third kappa shape index (κ3) is 6.67. The fourth-order valence-electron chi connectivity index (χ4n) is 3.85. The van der Waals surface area contributed by atoms with Gasteiger partial charge in [-0.1, -0.05) is 54.6 Å². The Labute approximate surface area is 200 Å². The molecule has 0 atom stereocenters. The Bertz CT molecular complexity index is 1220. The standard InChI is InChI=1S/C27H29N3O2.ClH/c1-21-18-22(12-13-26(21)32-19-23-8-3-2-4-9-23)14-16-28-15-7-17-30-20-29-25-11-6-5-10-24(25)27(30)31;/h2-6,8-13,18,20,28H,7,14-17,19H2,1H3;1H. The second kappa shape index (κ2) is 12.2. The molecule has 3 aromatic carbocycles. The van der Waals surface area contributed by atoms with Gasteiger partial charge in [0.2, 0.25) is 0 Å². The Balaban J connectivity index is 0.00000306. The van der Waals surface area contributed by atoms with Crippen molar-refractivity contribution in [3.05, 3.63) is 106 Å². The zero-order valence-corrected chi connectivity index (χ0v) is 19.7. The molecular formula is C27H30ClN3O2. The first kappa shape index (κ1) is 24.5. The molecule has 1 aromatic heterocycles. The van der Waals surface area contributed by atoms with E-state index in [0.717, 1.165) is 37.2 Å². The van der Waals surface area contributed by atoms with Gasteiger partial charge in [0.05, 0.1) is 30.3 Å². The lowest BCUT2D eigenvalue weighted by atomic mass is 10.1. The van der Waals surface area contributed by atoms with Crippen LogP contribution in [0, 0.1) is 6.92 Å². The number of fused-ring (bicyclic) bond motifs is 1. The molecule has 0 saturated carbocycles. The normalized spacial score (nSPS) is 10.7. The first-order valence-corrected chi connectivity index (χ1v) is 11.2. The number of hydrogen-bond acceptors (Lipinski definition) is 3. The SMILES string of the molecule is Cc1cc(CC[NH2+]CCCn2cnc3ccccc3c2=O)ccc1OCc1ccccc1.[Cl-]. The van der Waals surface area contributed by atoms with Gasteiger partial charge in [-0.25, -0.2) is 4.98 Å². The lowest BCUT2D eigenvalue weighted by Gasteiger charge is -2.11. The van der Waals surface area contributed by atoms with Gasteiger partial charge in [0.1, 0.15) is 12.4 Å². The van der Waals surface area contributed by atoms with Gasteiger partial charge in [-0.2, -0.15) is 0 Å². The van der Waals surface area contributed by atoms with Crippen LogP contribution in [0.5, 0.6) is 5.75 Å². The van der Waals surface area contributed by atoms with Crippen molar-refractivity contribution in [3.8, 4) is 5.75 Å². The van der Waals surface area contributed by atoms with E-state index in [2.05, 4.69) is 47.6 Å². The number of halogens is 1. The number of aromatic nitrogens is 2. The van der Waals surface area contributed by atoms with E-state index in [1.54, 1.807) is 10.9 Å². The molecule has 0 aliphatic heterocycles. The smallest absolute Gasteiger partial charge is 0.261 e. The van der Waals surface area contributed by atoms with Crippen LogP contribution in [0.2, 0.25) is 0 Å². The van der Waals surface area contributed by atoms with Crippen LogP contribution in [-0.4, -0.2) is 22.6 Å². The van der Waals surface area contributed by atoms with Crippen molar-refractivity contribution < 1.29 is 22.5 Å². The summed E-state index contributed by atoms with van der Waals surface area (Å²) in [5.41, 5.74) is 4.46. The van der Waals surface area contributed by atoms with E-state index in [1.165, 1.54) is 16.7 Å². The zero-order chi connectivity index (χ0) is 22.2. The van der Waals surface area contributed by atoms with Crippen LogP contribution < -0.4 is 28.0 Å². The molecule has 0 bridgehead atoms. The second-order valence-electron chi connectivity index (χ2n) is 8.10. The molecule has 0 spiro atoms. The Morgan fingerprint density at radius 3 is 2.55 bits per heavy atom. The number of aryl methyl sites for hydroxylation is 2. The van der Waals surface area contributed by atoms with E-state index in [-0.39, 0.29) is 18.0 Å². The first-order valence-electron chi connectivity index (χ1n) is 11.2. The maximum atomic E-state index is 12.5. The number of nitrogens with zero attached hydrogens (tertiary/aromatic N) is 2. The monoisotopic (exact) mass is 463 g/mol. The summed E-state index contributed by atoms with van der Waals surface area (Å²) in [6.45, 7) is 5.39. The van der Waals surface area contributed by atoms with Crippen LogP contribution >= 0.6 is 0 Å². The van der Waals surface area contributed by atoms with Gasteiger partial charge in [-0.05, 0) is 41.8 Å². The van der Waals surface area contributed by atoms with Gasteiger partial charge in [0.15, 0.2) is 0 Å². The molecule has 0 fully saturated rings. The molecule has 4 rings (SSSR count). The lowest BCUT2D eigenvalue weighted by Crippen LogP contribution is -3.00. The molecule has 0 aliphatic carbocycles. The largest absolute Gasteiger partial charge is 1.00 e. The van der Waals surface area contributed by atoms with E-state index >= 15 is 0 Å². The number of ether oxygens (including phenoxy) is 1. The summed E-state index contributed by atoms with van der Waals surface area (Å²) in [5.74, 6) is 0.941. The highest BCUT2D eigenvalue weighted by molar-refractivity contribution is 5.76. The molecule has 6 heteroatoms. The predicted molar refractivity (Wildman–Crippen MR) is 128 cm³/mol. The van der Waals surface area contributed by atoms with Crippen LogP contribution in [0.4, 0.5) is 0 Å². The number of benzene rings is 3. The third-order valence-electron chi connectivity index (χ3n) is 5.65. The van der Waals surface area contributed by atoms with Gasteiger partial charge in [0.25, 0.3) is 5.56 Å². The Hall–Kier alpha value is -3.15. The maximum absolute atomic E-state index is 12.5. The second-order valence-corrected chi connectivity index (χ2v) is 8.10. The van der Waals surface area contributed by atoms with Crippen molar-refractivity contribution in [2.24, 2.45) is 0 Å². The van der Waals surface area contributed by atoms with Gasteiger partial charge in [-0.3, -0.25) is 9.36 Å². The molecule has 0 aliphatic rings. The number of rotatable bonds is 10. The fourth-order valence-corrected chi connectivity index (χ4v) is 3.85. The molecule has 0 radical (unpaired) electrons. The molecule has 172 valence electrons.